The molecule has 0 unspecified atom stereocenters. The van der Waals surface area contributed by atoms with Crippen molar-refractivity contribution in [1.29, 1.82) is 0 Å². The molecule has 2 aromatic rings. The monoisotopic (exact) mass is 363 g/mol. The third-order valence-electron chi connectivity index (χ3n) is 3.67. The van der Waals surface area contributed by atoms with Crippen LogP contribution in [0.1, 0.15) is 29.2 Å². The lowest BCUT2D eigenvalue weighted by Gasteiger charge is -2.10. The molecule has 0 aliphatic carbocycles. The quantitative estimate of drug-likeness (QED) is 0.732. The highest BCUT2D eigenvalue weighted by atomic mass is 19.4. The minimum absolute atomic E-state index is 0.312. The molecule has 138 valence electrons. The number of benzene rings is 2. The zero-order valence-electron chi connectivity index (χ0n) is 14.3. The van der Waals surface area contributed by atoms with Crippen LogP contribution in [0.2, 0.25) is 0 Å². The van der Waals surface area contributed by atoms with Crippen molar-refractivity contribution in [2.75, 3.05) is 6.61 Å². The van der Waals surface area contributed by atoms with Gasteiger partial charge >= 0.3 is 6.18 Å². The van der Waals surface area contributed by atoms with Gasteiger partial charge in [-0.15, -0.1) is 0 Å². The SMILES string of the molecule is CCOCc1ccccc1CNC(=O)/C=C/c1cccc(C(F)(F)F)c1. The van der Waals surface area contributed by atoms with Crippen LogP contribution in [0.4, 0.5) is 13.2 Å². The first-order valence-corrected chi connectivity index (χ1v) is 8.18. The average molecular weight is 363 g/mol. The molecule has 3 nitrogen and oxygen atoms in total. The van der Waals surface area contributed by atoms with Gasteiger partial charge in [-0.1, -0.05) is 36.4 Å². The van der Waals surface area contributed by atoms with Crippen LogP contribution in [0.5, 0.6) is 0 Å². The van der Waals surface area contributed by atoms with E-state index in [1.807, 2.05) is 31.2 Å². The van der Waals surface area contributed by atoms with E-state index in [9.17, 15) is 18.0 Å². The molecule has 0 aromatic heterocycles. The van der Waals surface area contributed by atoms with Crippen LogP contribution in [0, 0.1) is 0 Å². The van der Waals surface area contributed by atoms with Gasteiger partial charge in [0.05, 0.1) is 12.2 Å². The predicted molar refractivity (Wildman–Crippen MR) is 94.1 cm³/mol. The Morgan fingerprint density at radius 3 is 2.54 bits per heavy atom. The maximum Gasteiger partial charge on any atom is 0.416 e. The average Bonchev–Trinajstić information content (AvgIpc) is 2.63. The predicted octanol–water partition coefficient (Wildman–Crippen LogP) is 4.57. The van der Waals surface area contributed by atoms with Crippen LogP contribution in [0.15, 0.2) is 54.6 Å². The number of amides is 1. The third-order valence-corrected chi connectivity index (χ3v) is 3.67. The van der Waals surface area contributed by atoms with E-state index in [1.54, 1.807) is 0 Å². The van der Waals surface area contributed by atoms with Gasteiger partial charge in [0.25, 0.3) is 0 Å². The number of carbonyl (C=O) groups is 1. The lowest BCUT2D eigenvalue weighted by atomic mass is 10.1. The summed E-state index contributed by atoms with van der Waals surface area (Å²) in [6.45, 7) is 3.28. The molecule has 26 heavy (non-hydrogen) atoms. The number of halogens is 3. The molecule has 0 saturated heterocycles. The standard InChI is InChI=1S/C20H20F3NO2/c1-2-26-14-17-8-4-3-7-16(17)13-24-19(25)11-10-15-6-5-9-18(12-15)20(21,22)23/h3-12H,2,13-14H2,1H3,(H,24,25)/b11-10+. The summed E-state index contributed by atoms with van der Waals surface area (Å²) in [5.41, 5.74) is 1.48. The minimum atomic E-state index is -4.41. The van der Waals surface area contributed by atoms with Crippen molar-refractivity contribution in [3.05, 3.63) is 76.9 Å². The Kier molecular flexibility index (Phi) is 6.97. The van der Waals surface area contributed by atoms with E-state index in [0.717, 1.165) is 23.3 Å². The number of nitrogens with one attached hydrogen (secondary N) is 1. The summed E-state index contributed by atoms with van der Waals surface area (Å²) in [7, 11) is 0. The number of rotatable bonds is 7. The second-order valence-corrected chi connectivity index (χ2v) is 5.58. The van der Waals surface area contributed by atoms with Crippen molar-refractivity contribution >= 4 is 12.0 Å². The highest BCUT2D eigenvalue weighted by Crippen LogP contribution is 2.29. The zero-order chi connectivity index (χ0) is 19.0. The van der Waals surface area contributed by atoms with E-state index >= 15 is 0 Å². The van der Waals surface area contributed by atoms with Gasteiger partial charge in [0, 0.05) is 19.2 Å². The second kappa shape index (κ2) is 9.20. The molecular formula is C20H20F3NO2. The molecule has 6 heteroatoms. The Morgan fingerprint density at radius 2 is 1.85 bits per heavy atom. The van der Waals surface area contributed by atoms with Crippen molar-refractivity contribution in [1.82, 2.24) is 5.32 Å². The van der Waals surface area contributed by atoms with Gasteiger partial charge in [0.1, 0.15) is 0 Å². The molecule has 0 aliphatic rings. The second-order valence-electron chi connectivity index (χ2n) is 5.58. The van der Waals surface area contributed by atoms with Gasteiger partial charge in [-0.25, -0.2) is 0 Å². The summed E-state index contributed by atoms with van der Waals surface area (Å²) in [4.78, 5) is 11.9. The Bertz CT molecular complexity index is 770. The van der Waals surface area contributed by atoms with E-state index in [-0.39, 0.29) is 5.91 Å². The topological polar surface area (TPSA) is 38.3 Å². The molecule has 0 spiro atoms. The number of alkyl halides is 3. The fourth-order valence-corrected chi connectivity index (χ4v) is 2.31. The molecule has 2 rings (SSSR count). The molecule has 1 amide bonds. The van der Waals surface area contributed by atoms with Gasteiger partial charge in [-0.2, -0.15) is 13.2 Å². The van der Waals surface area contributed by atoms with Crippen molar-refractivity contribution in [2.45, 2.75) is 26.3 Å². The van der Waals surface area contributed by atoms with Gasteiger partial charge in [0.15, 0.2) is 0 Å². The van der Waals surface area contributed by atoms with Crippen LogP contribution in [0.3, 0.4) is 0 Å². The van der Waals surface area contributed by atoms with Gasteiger partial charge in [-0.05, 0) is 41.8 Å². The molecule has 0 bridgehead atoms. The Hall–Kier alpha value is -2.60. The Labute approximate surface area is 150 Å². The maximum absolute atomic E-state index is 12.7. The molecule has 2 aromatic carbocycles. The van der Waals surface area contributed by atoms with Crippen molar-refractivity contribution in [2.24, 2.45) is 0 Å². The molecule has 0 radical (unpaired) electrons. The van der Waals surface area contributed by atoms with Gasteiger partial charge in [-0.3, -0.25) is 4.79 Å². The van der Waals surface area contributed by atoms with E-state index in [0.29, 0.717) is 25.3 Å². The number of hydrogen-bond acceptors (Lipinski definition) is 2. The maximum atomic E-state index is 12.7. The van der Waals surface area contributed by atoms with E-state index in [2.05, 4.69) is 5.32 Å². The highest BCUT2D eigenvalue weighted by molar-refractivity contribution is 5.91. The van der Waals surface area contributed by atoms with Crippen molar-refractivity contribution < 1.29 is 22.7 Å². The summed E-state index contributed by atoms with van der Waals surface area (Å²) < 4.78 is 43.5. The molecular weight excluding hydrogens is 343 g/mol. The fraction of sp³-hybridized carbons (Fsp3) is 0.250. The van der Waals surface area contributed by atoms with Crippen LogP contribution in [-0.2, 0) is 28.9 Å². The first-order valence-electron chi connectivity index (χ1n) is 8.18. The molecule has 0 atom stereocenters. The number of carbonyl (C=O) groups excluding carboxylic acids is 1. The fourth-order valence-electron chi connectivity index (χ4n) is 2.31. The smallest absolute Gasteiger partial charge is 0.377 e. The highest BCUT2D eigenvalue weighted by Gasteiger charge is 2.30. The molecule has 1 N–H and O–H groups in total. The van der Waals surface area contributed by atoms with E-state index in [4.69, 9.17) is 4.74 Å². The van der Waals surface area contributed by atoms with Crippen molar-refractivity contribution in [3.8, 4) is 0 Å². The minimum Gasteiger partial charge on any atom is -0.377 e. The zero-order valence-corrected chi connectivity index (χ0v) is 14.3. The van der Waals surface area contributed by atoms with E-state index in [1.165, 1.54) is 24.3 Å². The summed E-state index contributed by atoms with van der Waals surface area (Å²) in [5.74, 6) is -0.381. The summed E-state index contributed by atoms with van der Waals surface area (Å²) >= 11 is 0. The normalized spacial score (nSPS) is 11.7. The summed E-state index contributed by atoms with van der Waals surface area (Å²) in [5, 5.41) is 2.73. The molecule has 0 saturated carbocycles. The molecule has 0 heterocycles. The van der Waals surface area contributed by atoms with Crippen LogP contribution in [0.25, 0.3) is 6.08 Å². The van der Waals surface area contributed by atoms with Gasteiger partial charge < -0.3 is 10.1 Å². The lowest BCUT2D eigenvalue weighted by molar-refractivity contribution is -0.137. The van der Waals surface area contributed by atoms with Crippen LogP contribution in [-0.4, -0.2) is 12.5 Å². The van der Waals surface area contributed by atoms with Crippen molar-refractivity contribution in [3.63, 3.8) is 0 Å². The van der Waals surface area contributed by atoms with Crippen LogP contribution < -0.4 is 5.32 Å². The third kappa shape index (κ3) is 6.04. The lowest BCUT2D eigenvalue weighted by Crippen LogP contribution is -2.21. The first-order chi connectivity index (χ1) is 12.4. The summed E-state index contributed by atoms with van der Waals surface area (Å²) in [6, 6.07) is 12.4. The summed E-state index contributed by atoms with van der Waals surface area (Å²) in [6.07, 6.45) is -1.83. The Morgan fingerprint density at radius 1 is 1.12 bits per heavy atom. The largest absolute Gasteiger partial charge is 0.416 e. The van der Waals surface area contributed by atoms with Gasteiger partial charge in [0.2, 0.25) is 5.91 Å². The molecule has 0 fully saturated rings. The number of ether oxygens (including phenoxy) is 1. The first kappa shape index (κ1) is 19.7. The number of hydrogen-bond donors (Lipinski definition) is 1. The van der Waals surface area contributed by atoms with Crippen LogP contribution >= 0.6 is 0 Å². The molecule has 0 aliphatic heterocycles. The van der Waals surface area contributed by atoms with E-state index < -0.39 is 11.7 Å². The Balaban J connectivity index is 1.96.